The molecule has 6 rings (SSSR count). The van der Waals surface area contributed by atoms with Gasteiger partial charge in [0, 0.05) is 22.1 Å². The number of hydrogen-bond acceptors (Lipinski definition) is 5. The van der Waals surface area contributed by atoms with Crippen molar-refractivity contribution in [3.63, 3.8) is 0 Å². The zero-order valence-corrected chi connectivity index (χ0v) is 20.9. The van der Waals surface area contributed by atoms with Crippen molar-refractivity contribution in [2.24, 2.45) is 0 Å². The molecule has 0 bridgehead atoms. The molecule has 1 fully saturated rings. The van der Waals surface area contributed by atoms with Crippen LogP contribution in [0.4, 0.5) is 4.39 Å². The summed E-state index contributed by atoms with van der Waals surface area (Å²) in [5.41, 5.74) is 3.99. The Balaban J connectivity index is 1.34. The predicted molar refractivity (Wildman–Crippen MR) is 138 cm³/mol. The molecular formula is C27H20BrFN4O4. The second kappa shape index (κ2) is 9.45. The standard InChI is InChI=1S/C27H20BrFN4O4/c28-18-6-2-17(3-7-18)25-32-23(16-4-8-19(29)9-5-16)24(37-25)26-33(22(34)14-36-26)12-11-15-1-10-20-21(13-15)31-27(35)30-20/h1-10,13,26H,11-12,14H2,(H2,30,31,35). The van der Waals surface area contributed by atoms with E-state index in [1.165, 1.54) is 12.1 Å². The number of H-pyrrole nitrogens is 2. The van der Waals surface area contributed by atoms with E-state index in [2.05, 4.69) is 25.9 Å². The van der Waals surface area contributed by atoms with Crippen molar-refractivity contribution in [1.29, 1.82) is 0 Å². The molecule has 10 heteroatoms. The van der Waals surface area contributed by atoms with Crippen molar-refractivity contribution in [3.05, 3.63) is 98.8 Å². The SMILES string of the molecule is O=C1COC(c2oc(-c3ccc(Br)cc3)nc2-c2ccc(F)cc2)N1CCc1ccc2[nH]c(=O)[nH]c2c1. The quantitative estimate of drug-likeness (QED) is 0.296. The number of amides is 1. The largest absolute Gasteiger partial charge is 0.436 e. The van der Waals surface area contributed by atoms with Crippen LogP contribution in [-0.2, 0) is 16.0 Å². The molecule has 1 saturated heterocycles. The number of aromatic nitrogens is 3. The smallest absolute Gasteiger partial charge is 0.323 e. The maximum absolute atomic E-state index is 13.6. The van der Waals surface area contributed by atoms with Gasteiger partial charge in [0.2, 0.25) is 5.89 Å². The first-order valence-electron chi connectivity index (χ1n) is 11.6. The molecule has 8 nitrogen and oxygen atoms in total. The lowest BCUT2D eigenvalue weighted by Gasteiger charge is -2.22. The van der Waals surface area contributed by atoms with Crippen LogP contribution in [0.2, 0.25) is 0 Å². The number of fused-ring (bicyclic) bond motifs is 1. The molecule has 2 N–H and O–H groups in total. The number of nitrogens with one attached hydrogen (secondary N) is 2. The molecule has 3 heterocycles. The van der Waals surface area contributed by atoms with Gasteiger partial charge < -0.3 is 24.0 Å². The first kappa shape index (κ1) is 23.4. The average Bonchev–Trinajstić information content (AvgIpc) is 3.59. The lowest BCUT2D eigenvalue weighted by molar-refractivity contribution is -0.128. The summed E-state index contributed by atoms with van der Waals surface area (Å²) in [7, 11) is 0. The minimum absolute atomic E-state index is 0.0913. The summed E-state index contributed by atoms with van der Waals surface area (Å²) in [5, 5.41) is 0. The highest BCUT2D eigenvalue weighted by atomic mass is 79.9. The highest BCUT2D eigenvalue weighted by molar-refractivity contribution is 9.10. The number of rotatable bonds is 6. The molecule has 0 saturated carbocycles. The van der Waals surface area contributed by atoms with Gasteiger partial charge in [0.25, 0.3) is 5.91 Å². The van der Waals surface area contributed by atoms with E-state index in [0.717, 1.165) is 21.1 Å². The maximum atomic E-state index is 13.6. The Morgan fingerprint density at radius 2 is 1.70 bits per heavy atom. The third-order valence-electron chi connectivity index (χ3n) is 6.28. The van der Waals surface area contributed by atoms with Gasteiger partial charge >= 0.3 is 5.69 Å². The van der Waals surface area contributed by atoms with E-state index in [0.29, 0.717) is 41.4 Å². The molecule has 0 radical (unpaired) electrons. The molecule has 186 valence electrons. The van der Waals surface area contributed by atoms with Gasteiger partial charge in [-0.25, -0.2) is 14.2 Å². The molecule has 1 atom stereocenters. The van der Waals surface area contributed by atoms with Crippen LogP contribution >= 0.6 is 15.9 Å². The summed E-state index contributed by atoms with van der Waals surface area (Å²) in [4.78, 5) is 36.2. The fraction of sp³-hybridized carbons (Fsp3) is 0.148. The summed E-state index contributed by atoms with van der Waals surface area (Å²) >= 11 is 3.43. The number of aromatic amines is 2. The maximum Gasteiger partial charge on any atom is 0.323 e. The van der Waals surface area contributed by atoms with Crippen LogP contribution in [0.1, 0.15) is 17.6 Å². The summed E-state index contributed by atoms with van der Waals surface area (Å²) in [6, 6.07) is 19.1. The van der Waals surface area contributed by atoms with Crippen LogP contribution in [-0.4, -0.2) is 38.9 Å². The number of oxazole rings is 1. The van der Waals surface area contributed by atoms with Crippen LogP contribution in [0, 0.1) is 5.82 Å². The monoisotopic (exact) mass is 562 g/mol. The molecule has 5 aromatic rings. The van der Waals surface area contributed by atoms with Crippen LogP contribution in [0.15, 0.2) is 80.4 Å². The fourth-order valence-electron chi connectivity index (χ4n) is 4.43. The zero-order chi connectivity index (χ0) is 25.5. The van der Waals surface area contributed by atoms with Crippen LogP contribution in [0.3, 0.4) is 0 Å². The Morgan fingerprint density at radius 1 is 0.973 bits per heavy atom. The average molecular weight is 563 g/mol. The molecule has 0 spiro atoms. The number of hydrogen-bond donors (Lipinski definition) is 2. The fourth-order valence-corrected chi connectivity index (χ4v) is 4.69. The van der Waals surface area contributed by atoms with Gasteiger partial charge in [0.15, 0.2) is 12.0 Å². The Bertz CT molecular complexity index is 1660. The summed E-state index contributed by atoms with van der Waals surface area (Å²) < 4.78 is 26.7. The van der Waals surface area contributed by atoms with E-state index in [9.17, 15) is 14.0 Å². The van der Waals surface area contributed by atoms with Crippen molar-refractivity contribution >= 4 is 32.9 Å². The summed E-state index contributed by atoms with van der Waals surface area (Å²) in [6.07, 6.45) is -0.256. The molecule has 1 amide bonds. The number of ether oxygens (including phenoxy) is 1. The van der Waals surface area contributed by atoms with Gasteiger partial charge in [-0.1, -0.05) is 22.0 Å². The number of halogens is 2. The van der Waals surface area contributed by atoms with Crippen molar-refractivity contribution in [1.82, 2.24) is 19.9 Å². The molecule has 1 aliphatic rings. The normalized spacial score (nSPS) is 15.7. The number of nitrogens with zero attached hydrogens (tertiary/aromatic N) is 2. The number of benzene rings is 3. The minimum Gasteiger partial charge on any atom is -0.436 e. The van der Waals surface area contributed by atoms with Crippen molar-refractivity contribution in [3.8, 4) is 22.7 Å². The van der Waals surface area contributed by atoms with Crippen LogP contribution < -0.4 is 5.69 Å². The van der Waals surface area contributed by atoms with Gasteiger partial charge in [0.1, 0.15) is 18.1 Å². The van der Waals surface area contributed by atoms with E-state index in [-0.39, 0.29) is 24.0 Å². The molecule has 1 unspecified atom stereocenters. The van der Waals surface area contributed by atoms with E-state index in [1.54, 1.807) is 17.0 Å². The zero-order valence-electron chi connectivity index (χ0n) is 19.3. The second-order valence-electron chi connectivity index (χ2n) is 8.71. The molecule has 0 aliphatic carbocycles. The van der Waals surface area contributed by atoms with Gasteiger partial charge in [-0.15, -0.1) is 0 Å². The topological polar surface area (TPSA) is 104 Å². The molecule has 1 aliphatic heterocycles. The lowest BCUT2D eigenvalue weighted by atomic mass is 10.1. The highest BCUT2D eigenvalue weighted by Gasteiger charge is 2.38. The number of imidazole rings is 1. The van der Waals surface area contributed by atoms with E-state index < -0.39 is 6.23 Å². The third kappa shape index (κ3) is 4.61. The van der Waals surface area contributed by atoms with Gasteiger partial charge in [-0.05, 0) is 72.6 Å². The predicted octanol–water partition coefficient (Wildman–Crippen LogP) is 5.18. The Morgan fingerprint density at radius 3 is 2.49 bits per heavy atom. The van der Waals surface area contributed by atoms with E-state index in [1.807, 2.05) is 42.5 Å². The summed E-state index contributed by atoms with van der Waals surface area (Å²) in [5.74, 6) is 0.205. The molecule has 37 heavy (non-hydrogen) atoms. The van der Waals surface area contributed by atoms with E-state index >= 15 is 0 Å². The van der Waals surface area contributed by atoms with Gasteiger partial charge in [-0.3, -0.25) is 4.79 Å². The van der Waals surface area contributed by atoms with Gasteiger partial charge in [0.05, 0.1) is 11.0 Å². The Kier molecular flexibility index (Phi) is 5.97. The van der Waals surface area contributed by atoms with Gasteiger partial charge in [-0.2, -0.15) is 0 Å². The van der Waals surface area contributed by atoms with E-state index in [4.69, 9.17) is 14.1 Å². The van der Waals surface area contributed by atoms with Crippen molar-refractivity contribution < 1.29 is 18.3 Å². The number of carbonyl (C=O) groups excluding carboxylic acids is 1. The first-order chi connectivity index (χ1) is 17.9. The Hall–Kier alpha value is -4.02. The summed E-state index contributed by atoms with van der Waals surface area (Å²) in [6.45, 7) is 0.271. The van der Waals surface area contributed by atoms with Crippen LogP contribution in [0.5, 0.6) is 0 Å². The molecule has 2 aromatic heterocycles. The first-order valence-corrected chi connectivity index (χ1v) is 12.4. The molecule has 3 aromatic carbocycles. The van der Waals surface area contributed by atoms with Crippen molar-refractivity contribution in [2.45, 2.75) is 12.6 Å². The second-order valence-corrected chi connectivity index (χ2v) is 9.62. The third-order valence-corrected chi connectivity index (χ3v) is 6.81. The number of carbonyl (C=O) groups is 1. The minimum atomic E-state index is -0.792. The van der Waals surface area contributed by atoms with Crippen molar-refractivity contribution in [2.75, 3.05) is 13.2 Å². The highest BCUT2D eigenvalue weighted by Crippen LogP contribution is 2.38. The lowest BCUT2D eigenvalue weighted by Crippen LogP contribution is -2.30. The van der Waals surface area contributed by atoms with Crippen LogP contribution in [0.25, 0.3) is 33.7 Å². The molecular weight excluding hydrogens is 543 g/mol. The Labute approximate surface area is 218 Å².